The number of aromatic nitrogens is 1. The molecule has 7 unspecified atom stereocenters. The fourth-order valence-electron chi connectivity index (χ4n) is 7.20. The van der Waals surface area contributed by atoms with Gasteiger partial charge in [-0.1, -0.05) is 81.4 Å². The molecule has 2 aromatic carbocycles. The molecule has 0 radical (unpaired) electrons. The Morgan fingerprint density at radius 3 is 2.20 bits per heavy atom. The van der Waals surface area contributed by atoms with E-state index in [0.717, 1.165) is 22.6 Å². The van der Waals surface area contributed by atoms with Crippen molar-refractivity contribution in [2.45, 2.75) is 102 Å². The molecule has 2 heterocycles. The van der Waals surface area contributed by atoms with Crippen LogP contribution in [0.1, 0.15) is 82.1 Å². The molecule has 4 amide bonds. The molecule has 4 N–H and O–H groups in total. The fourth-order valence-corrected chi connectivity index (χ4v) is 7.88. The third-order valence-electron chi connectivity index (χ3n) is 10.3. The van der Waals surface area contributed by atoms with Gasteiger partial charge in [-0.15, -0.1) is 11.3 Å². The van der Waals surface area contributed by atoms with E-state index < -0.39 is 41.7 Å². The maximum Gasteiger partial charge on any atom is 0.245 e. The zero-order valence-electron chi connectivity index (χ0n) is 32.9. The molecule has 13 heteroatoms. The van der Waals surface area contributed by atoms with Gasteiger partial charge in [0.15, 0.2) is 0 Å². The number of nitrogens with one attached hydrogen (secondary N) is 2. The molecule has 0 aliphatic carbocycles. The Morgan fingerprint density at radius 2 is 1.65 bits per heavy atom. The van der Waals surface area contributed by atoms with Gasteiger partial charge < -0.3 is 35.6 Å². The van der Waals surface area contributed by atoms with E-state index in [1.165, 1.54) is 18.4 Å². The average molecular weight is 763 g/mol. The van der Waals surface area contributed by atoms with Crippen LogP contribution in [0.4, 0.5) is 0 Å². The minimum absolute atomic E-state index is 0.0288. The Balaban J connectivity index is 1.53. The number of carbonyl (C=O) groups is 4. The van der Waals surface area contributed by atoms with Gasteiger partial charge in [0.25, 0.3) is 0 Å². The number of nitrogens with zero attached hydrogens (tertiary/aromatic N) is 3. The number of amides is 4. The fraction of sp³-hybridized carbons (Fsp3) is 0.537. The molecule has 54 heavy (non-hydrogen) atoms. The summed E-state index contributed by atoms with van der Waals surface area (Å²) in [6.07, 6.45) is 2.43. The quantitative estimate of drug-likeness (QED) is 0.169. The van der Waals surface area contributed by atoms with Crippen LogP contribution in [0, 0.1) is 11.8 Å². The lowest BCUT2D eigenvalue weighted by atomic mass is 9.93. The van der Waals surface area contributed by atoms with Crippen molar-refractivity contribution >= 4 is 35.0 Å². The molecule has 4 rings (SSSR count). The summed E-state index contributed by atoms with van der Waals surface area (Å²) >= 11 is 1.50. The van der Waals surface area contributed by atoms with E-state index in [1.54, 1.807) is 44.0 Å². The van der Waals surface area contributed by atoms with Gasteiger partial charge in [-0.2, -0.15) is 0 Å². The number of hydrogen-bond acceptors (Lipinski definition) is 9. The van der Waals surface area contributed by atoms with Gasteiger partial charge in [-0.3, -0.25) is 19.2 Å². The van der Waals surface area contributed by atoms with E-state index in [1.807, 2.05) is 86.8 Å². The lowest BCUT2D eigenvalue weighted by molar-refractivity contribution is -0.146. The Kier molecular flexibility index (Phi) is 15.3. The van der Waals surface area contributed by atoms with Crippen molar-refractivity contribution in [3.63, 3.8) is 0 Å². The van der Waals surface area contributed by atoms with Gasteiger partial charge in [-0.05, 0) is 50.2 Å². The second-order valence-corrected chi connectivity index (χ2v) is 16.0. The number of likely N-dealkylation sites (tertiary alicyclic amines) is 1. The van der Waals surface area contributed by atoms with E-state index >= 15 is 0 Å². The lowest BCUT2D eigenvalue weighted by Crippen LogP contribution is -2.58. The van der Waals surface area contributed by atoms with Crippen molar-refractivity contribution in [2.24, 2.45) is 17.6 Å². The van der Waals surface area contributed by atoms with Crippen molar-refractivity contribution in [3.8, 4) is 0 Å². The van der Waals surface area contributed by atoms with Gasteiger partial charge in [0.05, 0.1) is 48.2 Å². The molecular weight excluding hydrogens is 705 g/mol. The summed E-state index contributed by atoms with van der Waals surface area (Å²) in [5, 5.41) is 8.78. The van der Waals surface area contributed by atoms with Gasteiger partial charge in [-0.25, -0.2) is 4.98 Å². The zero-order chi connectivity index (χ0) is 39.6. The number of ether oxygens (including phenoxy) is 2. The summed E-state index contributed by atoms with van der Waals surface area (Å²) in [5.41, 5.74) is 6.74. The number of nitrogens with two attached hydrogens (primary N) is 1. The maximum absolute atomic E-state index is 14.3. The third kappa shape index (κ3) is 10.7. The molecule has 0 saturated carbocycles. The summed E-state index contributed by atoms with van der Waals surface area (Å²) in [5.74, 6) is -1.93. The zero-order valence-corrected chi connectivity index (χ0v) is 33.7. The van der Waals surface area contributed by atoms with E-state index in [2.05, 4.69) is 15.6 Å². The van der Waals surface area contributed by atoms with E-state index in [-0.39, 0.29) is 42.1 Å². The van der Waals surface area contributed by atoms with Crippen LogP contribution in [0.15, 0.2) is 72.2 Å². The lowest BCUT2D eigenvalue weighted by Gasteiger charge is -2.39. The number of thiazole rings is 1. The first-order chi connectivity index (χ1) is 25.7. The number of hydrogen-bond donors (Lipinski definition) is 3. The van der Waals surface area contributed by atoms with E-state index in [9.17, 15) is 19.2 Å². The van der Waals surface area contributed by atoms with Gasteiger partial charge in [0.2, 0.25) is 23.6 Å². The monoisotopic (exact) mass is 762 g/mol. The summed E-state index contributed by atoms with van der Waals surface area (Å²) in [7, 11) is 4.78. The standard InChI is InChI=1S/C41H58N6O6S/c1-26(2)34(45-40(51)41(4,5)42)39(50)46(6)35(29-18-13-10-14-19-29)32(52-7)25-33(48)47-22-15-20-31(47)36(53-8)27(3)37(49)44-30(38-43-21-23-54-38)24-28-16-11-9-12-17-28/h9-14,16-19,21,23,26-27,30-32,34-36H,15,20,22,24-25,42H2,1-8H3,(H,44,49)(H,45,51). The van der Waals surface area contributed by atoms with Crippen LogP contribution < -0.4 is 16.4 Å². The highest BCUT2D eigenvalue weighted by atomic mass is 32.1. The molecule has 7 atom stereocenters. The van der Waals surface area contributed by atoms with Crippen LogP contribution in [0.3, 0.4) is 0 Å². The second kappa shape index (κ2) is 19.4. The largest absolute Gasteiger partial charge is 0.378 e. The van der Waals surface area contributed by atoms with Crippen molar-refractivity contribution in [2.75, 3.05) is 27.8 Å². The maximum atomic E-state index is 14.3. The second-order valence-electron chi connectivity index (χ2n) is 15.1. The van der Waals surface area contributed by atoms with Crippen LogP contribution in [0.2, 0.25) is 0 Å². The summed E-state index contributed by atoms with van der Waals surface area (Å²) in [6, 6.07) is 17.2. The number of methoxy groups -OCH3 is 2. The van der Waals surface area contributed by atoms with Crippen molar-refractivity contribution in [3.05, 3.63) is 88.4 Å². The molecule has 1 aliphatic heterocycles. The minimum Gasteiger partial charge on any atom is -0.378 e. The topological polar surface area (TPSA) is 156 Å². The van der Waals surface area contributed by atoms with Crippen LogP contribution in [0.5, 0.6) is 0 Å². The normalized spacial score (nSPS) is 18.0. The molecule has 1 fully saturated rings. The van der Waals surface area contributed by atoms with Crippen LogP contribution in [0.25, 0.3) is 0 Å². The van der Waals surface area contributed by atoms with Gasteiger partial charge in [0, 0.05) is 39.4 Å². The van der Waals surface area contributed by atoms with E-state index in [0.29, 0.717) is 19.4 Å². The first-order valence-corrected chi connectivity index (χ1v) is 19.6. The van der Waals surface area contributed by atoms with Crippen LogP contribution >= 0.6 is 11.3 Å². The number of likely N-dealkylation sites (N-methyl/N-ethyl adjacent to an activating group) is 1. The molecule has 0 spiro atoms. The molecule has 1 aliphatic rings. The predicted octanol–water partition coefficient (Wildman–Crippen LogP) is 4.67. The van der Waals surface area contributed by atoms with Crippen LogP contribution in [-0.2, 0) is 35.1 Å². The molecule has 1 aromatic heterocycles. The van der Waals surface area contributed by atoms with Crippen molar-refractivity contribution < 1.29 is 28.7 Å². The first-order valence-electron chi connectivity index (χ1n) is 18.7. The minimum atomic E-state index is -1.18. The Bertz CT molecular complexity index is 1650. The van der Waals surface area contributed by atoms with Gasteiger partial charge in [0.1, 0.15) is 11.0 Å². The van der Waals surface area contributed by atoms with Crippen molar-refractivity contribution in [1.29, 1.82) is 0 Å². The SMILES string of the molecule is COC(CC(=O)N1CCCC1C(OC)C(C)C(=O)NC(Cc1ccccc1)c1nccs1)C(c1ccccc1)N(C)C(=O)C(NC(=O)C(C)(C)N)C(C)C. The number of rotatable bonds is 18. The highest BCUT2D eigenvalue weighted by molar-refractivity contribution is 7.09. The molecule has 1 saturated heterocycles. The Morgan fingerprint density at radius 1 is 1.00 bits per heavy atom. The van der Waals surface area contributed by atoms with Gasteiger partial charge >= 0.3 is 0 Å². The first kappa shape index (κ1) is 42.6. The smallest absolute Gasteiger partial charge is 0.245 e. The predicted molar refractivity (Wildman–Crippen MR) is 210 cm³/mol. The summed E-state index contributed by atoms with van der Waals surface area (Å²) < 4.78 is 12.0. The molecule has 294 valence electrons. The Labute approximate surface area is 324 Å². The average Bonchev–Trinajstić information content (AvgIpc) is 3.87. The molecular formula is C41H58N6O6S. The molecule has 3 aromatic rings. The van der Waals surface area contributed by atoms with Crippen LogP contribution in [-0.4, -0.2) is 96.1 Å². The number of benzene rings is 2. The highest BCUT2D eigenvalue weighted by Crippen LogP contribution is 2.32. The van der Waals surface area contributed by atoms with Crippen molar-refractivity contribution in [1.82, 2.24) is 25.4 Å². The highest BCUT2D eigenvalue weighted by Gasteiger charge is 2.43. The summed E-state index contributed by atoms with van der Waals surface area (Å²) in [6.45, 7) is 9.24. The Hall–Kier alpha value is -4.17. The molecule has 12 nitrogen and oxygen atoms in total. The molecule has 0 bridgehead atoms. The number of carbonyl (C=O) groups excluding carboxylic acids is 4. The summed E-state index contributed by atoms with van der Waals surface area (Å²) in [4.78, 5) is 63.1. The third-order valence-corrected chi connectivity index (χ3v) is 11.2. The van der Waals surface area contributed by atoms with E-state index in [4.69, 9.17) is 15.2 Å².